The van der Waals surface area contributed by atoms with Gasteiger partial charge in [0.1, 0.15) is 5.82 Å². The van der Waals surface area contributed by atoms with E-state index in [1.165, 1.54) is 24.8 Å². The summed E-state index contributed by atoms with van der Waals surface area (Å²) in [7, 11) is 0. The molecule has 6 nitrogen and oxygen atoms in total. The first-order chi connectivity index (χ1) is 15.2. The first-order valence-corrected chi connectivity index (χ1v) is 11.5. The molecule has 31 heavy (non-hydrogen) atoms. The van der Waals surface area contributed by atoms with E-state index in [9.17, 15) is 4.79 Å². The molecule has 1 aliphatic heterocycles. The number of imidazole rings is 1. The third-order valence-electron chi connectivity index (χ3n) is 6.81. The van der Waals surface area contributed by atoms with Crippen LogP contribution < -0.4 is 10.6 Å². The van der Waals surface area contributed by atoms with Crippen molar-refractivity contribution in [1.82, 2.24) is 19.8 Å². The summed E-state index contributed by atoms with van der Waals surface area (Å²) in [5.41, 5.74) is 4.22. The Bertz CT molecular complexity index is 1050. The van der Waals surface area contributed by atoms with E-state index in [-0.39, 0.29) is 6.03 Å². The van der Waals surface area contributed by atoms with Crippen LogP contribution in [0.2, 0.25) is 0 Å². The lowest BCUT2D eigenvalue weighted by atomic mass is 9.96. The van der Waals surface area contributed by atoms with Crippen molar-refractivity contribution in [2.45, 2.75) is 64.2 Å². The fourth-order valence-electron chi connectivity index (χ4n) is 4.99. The van der Waals surface area contributed by atoms with Crippen LogP contribution in [-0.4, -0.2) is 33.1 Å². The molecule has 3 aromatic rings. The van der Waals surface area contributed by atoms with Gasteiger partial charge in [-0.25, -0.2) is 9.78 Å². The first-order valence-electron chi connectivity index (χ1n) is 11.5. The smallest absolute Gasteiger partial charge is 0.319 e. The van der Waals surface area contributed by atoms with Crippen molar-refractivity contribution in [3.63, 3.8) is 0 Å². The molecule has 1 fully saturated rings. The molecule has 2 aromatic carbocycles. The highest BCUT2D eigenvalue weighted by Gasteiger charge is 2.24. The van der Waals surface area contributed by atoms with E-state index >= 15 is 0 Å². The van der Waals surface area contributed by atoms with E-state index in [4.69, 9.17) is 4.98 Å². The minimum absolute atomic E-state index is 0.113. The van der Waals surface area contributed by atoms with Crippen LogP contribution in [-0.2, 0) is 13.1 Å². The van der Waals surface area contributed by atoms with Crippen molar-refractivity contribution in [2.75, 3.05) is 11.9 Å². The lowest BCUT2D eigenvalue weighted by molar-refractivity contribution is 0.165. The summed E-state index contributed by atoms with van der Waals surface area (Å²) < 4.78 is 2.31. The molecule has 0 unspecified atom stereocenters. The van der Waals surface area contributed by atoms with Gasteiger partial charge in [0.25, 0.3) is 0 Å². The summed E-state index contributed by atoms with van der Waals surface area (Å²) in [6, 6.07) is 17.3. The number of amides is 2. The lowest BCUT2D eigenvalue weighted by Crippen LogP contribution is -2.39. The molecule has 0 bridgehead atoms. The molecule has 2 aliphatic rings. The first kappa shape index (κ1) is 20.1. The third kappa shape index (κ3) is 4.30. The van der Waals surface area contributed by atoms with E-state index < -0.39 is 0 Å². The zero-order valence-corrected chi connectivity index (χ0v) is 18.2. The maximum Gasteiger partial charge on any atom is 0.319 e. The number of carbonyl (C=O) groups is 1. The van der Waals surface area contributed by atoms with Crippen molar-refractivity contribution < 1.29 is 4.79 Å². The number of aromatic nitrogens is 2. The van der Waals surface area contributed by atoms with Crippen molar-refractivity contribution in [2.24, 2.45) is 0 Å². The molecule has 2 amide bonds. The molecule has 0 radical (unpaired) electrons. The number of benzene rings is 2. The lowest BCUT2D eigenvalue weighted by Gasteiger charge is -2.33. The van der Waals surface area contributed by atoms with Gasteiger partial charge in [-0.05, 0) is 43.5 Å². The number of nitrogens with zero attached hydrogens (tertiary/aromatic N) is 3. The molecule has 1 aliphatic carbocycles. The fraction of sp³-hybridized carbons (Fsp3) is 0.440. The molecule has 2 N–H and O–H groups in total. The number of rotatable bonds is 4. The van der Waals surface area contributed by atoms with Crippen molar-refractivity contribution >= 4 is 22.8 Å². The number of urea groups is 1. The van der Waals surface area contributed by atoms with Crippen LogP contribution in [0.3, 0.4) is 0 Å². The fourth-order valence-corrected chi connectivity index (χ4v) is 4.99. The summed E-state index contributed by atoms with van der Waals surface area (Å²) in [5.74, 6) is 1.09. The molecule has 0 spiro atoms. The van der Waals surface area contributed by atoms with Crippen LogP contribution in [0.1, 0.15) is 56.5 Å². The molecule has 1 atom stereocenters. The second-order valence-electron chi connectivity index (χ2n) is 8.87. The number of hydrogen-bond acceptors (Lipinski definition) is 3. The topological polar surface area (TPSA) is 62.2 Å². The van der Waals surface area contributed by atoms with Crippen LogP contribution >= 0.6 is 0 Å². The standard InChI is InChI=1S/C25H31N5O/c1-18(19-8-4-2-5-9-19)29-14-15-30-23-13-12-21(16-22(23)28-24(30)17-29)27-25(31)26-20-10-6-3-7-11-20/h2,4-5,8-9,12-13,16,18,20H,3,6-7,10-11,14-15,17H2,1H3,(H2,26,27,31)/t18-/m0/s1. The molecule has 2 heterocycles. The van der Waals surface area contributed by atoms with Gasteiger partial charge in [-0.1, -0.05) is 49.6 Å². The monoisotopic (exact) mass is 417 g/mol. The van der Waals surface area contributed by atoms with Crippen molar-refractivity contribution in [3.05, 3.63) is 59.9 Å². The van der Waals surface area contributed by atoms with Gasteiger partial charge < -0.3 is 15.2 Å². The Morgan fingerprint density at radius 2 is 1.87 bits per heavy atom. The Balaban J connectivity index is 1.29. The summed E-state index contributed by atoms with van der Waals surface area (Å²) >= 11 is 0. The predicted octanol–water partition coefficient (Wildman–Crippen LogP) is 5.07. The van der Waals surface area contributed by atoms with Gasteiger partial charge in [-0.15, -0.1) is 0 Å². The Kier molecular flexibility index (Phi) is 5.64. The second kappa shape index (κ2) is 8.71. The number of fused-ring (bicyclic) bond motifs is 3. The van der Waals surface area contributed by atoms with Crippen LogP contribution in [0.15, 0.2) is 48.5 Å². The molecular weight excluding hydrogens is 386 g/mol. The average Bonchev–Trinajstić information content (AvgIpc) is 3.16. The minimum Gasteiger partial charge on any atom is -0.335 e. The number of nitrogens with one attached hydrogen (secondary N) is 2. The Hall–Kier alpha value is -2.86. The number of carbonyl (C=O) groups excluding carboxylic acids is 1. The second-order valence-corrected chi connectivity index (χ2v) is 8.87. The van der Waals surface area contributed by atoms with Crippen molar-refractivity contribution in [3.8, 4) is 0 Å². The van der Waals surface area contributed by atoms with E-state index in [0.29, 0.717) is 12.1 Å². The predicted molar refractivity (Wildman–Crippen MR) is 124 cm³/mol. The molecule has 1 saturated carbocycles. The zero-order chi connectivity index (χ0) is 21.2. The summed E-state index contributed by atoms with van der Waals surface area (Å²) in [6.07, 6.45) is 5.85. The van der Waals surface area contributed by atoms with Crippen molar-refractivity contribution in [1.29, 1.82) is 0 Å². The van der Waals surface area contributed by atoms with Gasteiger partial charge in [-0.2, -0.15) is 0 Å². The molecular formula is C25H31N5O. The van der Waals surface area contributed by atoms with Crippen LogP contribution in [0.5, 0.6) is 0 Å². The summed E-state index contributed by atoms with van der Waals surface area (Å²) in [4.78, 5) is 19.8. The van der Waals surface area contributed by atoms with Gasteiger partial charge in [0.2, 0.25) is 0 Å². The highest BCUT2D eigenvalue weighted by Crippen LogP contribution is 2.28. The third-order valence-corrected chi connectivity index (χ3v) is 6.81. The highest BCUT2D eigenvalue weighted by molar-refractivity contribution is 5.92. The quantitative estimate of drug-likeness (QED) is 0.623. The van der Waals surface area contributed by atoms with Gasteiger partial charge >= 0.3 is 6.03 Å². The highest BCUT2D eigenvalue weighted by atomic mass is 16.2. The SMILES string of the molecule is C[C@@H](c1ccccc1)N1CCn2c(nc3cc(NC(=O)NC4CCCCC4)ccc32)C1. The van der Waals surface area contributed by atoms with Crippen LogP contribution in [0, 0.1) is 0 Å². The molecule has 0 saturated heterocycles. The van der Waals surface area contributed by atoms with Crippen LogP contribution in [0.4, 0.5) is 10.5 Å². The average molecular weight is 418 g/mol. The summed E-state index contributed by atoms with van der Waals surface area (Å²) in [6.45, 7) is 5.02. The minimum atomic E-state index is -0.113. The maximum absolute atomic E-state index is 12.4. The van der Waals surface area contributed by atoms with Gasteiger partial charge in [0.15, 0.2) is 0 Å². The number of hydrogen-bond donors (Lipinski definition) is 2. The zero-order valence-electron chi connectivity index (χ0n) is 18.2. The molecule has 162 valence electrons. The van der Waals surface area contributed by atoms with Gasteiger partial charge in [0, 0.05) is 30.9 Å². The maximum atomic E-state index is 12.4. The molecule has 1 aromatic heterocycles. The van der Waals surface area contributed by atoms with E-state index in [1.807, 2.05) is 12.1 Å². The van der Waals surface area contributed by atoms with E-state index in [0.717, 1.165) is 55.0 Å². The van der Waals surface area contributed by atoms with Crippen LogP contribution in [0.25, 0.3) is 11.0 Å². The molecule has 5 rings (SSSR count). The Labute approximate surface area is 183 Å². The Morgan fingerprint density at radius 3 is 2.68 bits per heavy atom. The Morgan fingerprint density at radius 1 is 1.06 bits per heavy atom. The van der Waals surface area contributed by atoms with E-state index in [1.54, 1.807) is 0 Å². The van der Waals surface area contributed by atoms with Gasteiger partial charge in [0.05, 0.1) is 17.6 Å². The summed E-state index contributed by atoms with van der Waals surface area (Å²) in [5, 5.41) is 6.12. The number of anilines is 1. The largest absolute Gasteiger partial charge is 0.335 e. The normalized spacial score (nSPS) is 18.5. The molecule has 6 heteroatoms. The van der Waals surface area contributed by atoms with Gasteiger partial charge in [-0.3, -0.25) is 4.90 Å². The van der Waals surface area contributed by atoms with E-state index in [2.05, 4.69) is 63.4 Å².